The van der Waals surface area contributed by atoms with E-state index in [1.54, 1.807) is 0 Å². The van der Waals surface area contributed by atoms with Crippen LogP contribution in [0.4, 0.5) is 0 Å². The van der Waals surface area contributed by atoms with E-state index in [2.05, 4.69) is 0 Å². The Morgan fingerprint density at radius 3 is 2.55 bits per heavy atom. The van der Waals surface area contributed by atoms with Gasteiger partial charge in [0, 0.05) is 0 Å². The minimum absolute atomic E-state index is 0.159. The number of aliphatic hydroxyl groups excluding tert-OH is 4. The van der Waals surface area contributed by atoms with Crippen molar-refractivity contribution in [3.63, 3.8) is 0 Å². The van der Waals surface area contributed by atoms with Gasteiger partial charge in [0.05, 0.1) is 19.8 Å². The van der Waals surface area contributed by atoms with Gasteiger partial charge in [0.25, 0.3) is 0 Å². The SMILES string of the molecule is CCCCOC1=C(OC(=O)C(O)CO)[C@@H]([C@@H](O)CO)OC1=O. The Balaban J connectivity index is 2.98. The Hall–Kier alpha value is -1.68. The maximum absolute atomic E-state index is 11.7. The number of hydrogen-bond acceptors (Lipinski definition) is 9. The molecule has 0 radical (unpaired) electrons. The van der Waals surface area contributed by atoms with Gasteiger partial charge in [0.1, 0.15) is 6.10 Å². The van der Waals surface area contributed by atoms with Crippen LogP contribution < -0.4 is 0 Å². The maximum Gasteiger partial charge on any atom is 0.378 e. The number of aliphatic hydroxyl groups is 4. The molecule has 1 rings (SSSR count). The fraction of sp³-hybridized carbons (Fsp3) is 0.692. The monoisotopic (exact) mass is 320 g/mol. The Morgan fingerprint density at radius 1 is 1.32 bits per heavy atom. The summed E-state index contributed by atoms with van der Waals surface area (Å²) in [6.07, 6.45) is -3.34. The summed E-state index contributed by atoms with van der Waals surface area (Å²) in [7, 11) is 0. The van der Waals surface area contributed by atoms with Crippen molar-refractivity contribution in [2.75, 3.05) is 19.8 Å². The molecule has 22 heavy (non-hydrogen) atoms. The first-order valence-corrected chi connectivity index (χ1v) is 6.83. The summed E-state index contributed by atoms with van der Waals surface area (Å²) >= 11 is 0. The highest BCUT2D eigenvalue weighted by molar-refractivity contribution is 5.90. The van der Waals surface area contributed by atoms with Gasteiger partial charge in [-0.2, -0.15) is 0 Å². The lowest BCUT2D eigenvalue weighted by molar-refractivity contribution is -0.157. The number of hydrogen-bond donors (Lipinski definition) is 4. The van der Waals surface area contributed by atoms with E-state index in [-0.39, 0.29) is 6.61 Å². The van der Waals surface area contributed by atoms with Crippen molar-refractivity contribution < 1.29 is 44.2 Å². The number of carbonyl (C=O) groups is 2. The van der Waals surface area contributed by atoms with Gasteiger partial charge >= 0.3 is 11.9 Å². The van der Waals surface area contributed by atoms with Gasteiger partial charge in [-0.25, -0.2) is 9.59 Å². The Morgan fingerprint density at radius 2 is 2.00 bits per heavy atom. The summed E-state index contributed by atoms with van der Waals surface area (Å²) in [6.45, 7) is 0.442. The Labute approximate surface area is 126 Å². The molecule has 0 fully saturated rings. The van der Waals surface area contributed by atoms with Crippen LogP contribution in [0, 0.1) is 0 Å². The minimum Gasteiger partial charge on any atom is -0.484 e. The van der Waals surface area contributed by atoms with E-state index in [4.69, 9.17) is 24.4 Å². The smallest absolute Gasteiger partial charge is 0.378 e. The van der Waals surface area contributed by atoms with E-state index in [9.17, 15) is 19.8 Å². The van der Waals surface area contributed by atoms with Crippen molar-refractivity contribution in [2.45, 2.75) is 38.1 Å². The third kappa shape index (κ3) is 4.41. The average Bonchev–Trinajstić information content (AvgIpc) is 2.82. The summed E-state index contributed by atoms with van der Waals surface area (Å²) in [5.41, 5.74) is 0. The summed E-state index contributed by atoms with van der Waals surface area (Å²) in [5.74, 6) is -3.01. The standard InChI is InChI=1S/C13H20O9/c1-2-3-4-20-11-10(22-12(18)8(17)6-15)9(7(16)5-14)21-13(11)19/h7-9,14-17H,2-6H2,1H3/t7-,8?,9+/m0/s1. The third-order valence-electron chi connectivity index (χ3n) is 2.84. The molecule has 0 aromatic rings. The first kappa shape index (κ1) is 18.4. The van der Waals surface area contributed by atoms with E-state index >= 15 is 0 Å². The predicted molar refractivity (Wildman–Crippen MR) is 70.0 cm³/mol. The van der Waals surface area contributed by atoms with Crippen LogP contribution in [0.2, 0.25) is 0 Å². The van der Waals surface area contributed by atoms with E-state index in [1.807, 2.05) is 6.92 Å². The molecule has 0 aliphatic carbocycles. The van der Waals surface area contributed by atoms with Crippen LogP contribution in [0.1, 0.15) is 19.8 Å². The van der Waals surface area contributed by atoms with E-state index in [0.29, 0.717) is 6.42 Å². The number of carbonyl (C=O) groups excluding carboxylic acids is 2. The molecule has 1 aliphatic heterocycles. The maximum atomic E-state index is 11.7. The average molecular weight is 320 g/mol. The highest BCUT2D eigenvalue weighted by Crippen LogP contribution is 2.28. The van der Waals surface area contributed by atoms with E-state index < -0.39 is 55.0 Å². The van der Waals surface area contributed by atoms with Crippen molar-refractivity contribution in [1.29, 1.82) is 0 Å². The summed E-state index contributed by atoms with van der Waals surface area (Å²) in [6, 6.07) is 0. The second-order valence-corrected chi connectivity index (χ2v) is 4.59. The molecule has 1 aliphatic rings. The summed E-state index contributed by atoms with van der Waals surface area (Å²) < 4.78 is 14.8. The first-order valence-electron chi connectivity index (χ1n) is 6.83. The van der Waals surface area contributed by atoms with Crippen LogP contribution in [0.5, 0.6) is 0 Å². The number of cyclic esters (lactones) is 1. The fourth-order valence-corrected chi connectivity index (χ4v) is 1.61. The molecule has 0 amide bonds. The highest BCUT2D eigenvalue weighted by Gasteiger charge is 2.43. The Bertz CT molecular complexity index is 431. The van der Waals surface area contributed by atoms with Crippen LogP contribution in [-0.4, -0.2) is 70.5 Å². The van der Waals surface area contributed by atoms with Gasteiger partial charge in [0.15, 0.2) is 12.2 Å². The van der Waals surface area contributed by atoms with Crippen LogP contribution in [0.15, 0.2) is 11.5 Å². The number of rotatable bonds is 9. The van der Waals surface area contributed by atoms with Gasteiger partial charge in [-0.05, 0) is 6.42 Å². The highest BCUT2D eigenvalue weighted by atomic mass is 16.6. The molecular formula is C13H20O9. The molecule has 9 nitrogen and oxygen atoms in total. The fourth-order valence-electron chi connectivity index (χ4n) is 1.61. The zero-order chi connectivity index (χ0) is 16.7. The van der Waals surface area contributed by atoms with Gasteiger partial charge in [-0.15, -0.1) is 0 Å². The van der Waals surface area contributed by atoms with Gasteiger partial charge in [-0.1, -0.05) is 13.3 Å². The van der Waals surface area contributed by atoms with E-state index in [1.165, 1.54) is 0 Å². The van der Waals surface area contributed by atoms with Crippen LogP contribution in [0.3, 0.4) is 0 Å². The zero-order valence-electron chi connectivity index (χ0n) is 12.1. The molecule has 0 saturated heterocycles. The number of unbranched alkanes of at least 4 members (excludes halogenated alkanes) is 1. The van der Waals surface area contributed by atoms with Crippen molar-refractivity contribution in [3.05, 3.63) is 11.5 Å². The molecule has 9 heteroatoms. The van der Waals surface area contributed by atoms with Gasteiger partial charge in [-0.3, -0.25) is 0 Å². The van der Waals surface area contributed by atoms with Gasteiger partial charge in [0.2, 0.25) is 11.5 Å². The molecule has 0 bridgehead atoms. The molecule has 4 N–H and O–H groups in total. The van der Waals surface area contributed by atoms with Crippen LogP contribution in [-0.2, 0) is 23.8 Å². The lowest BCUT2D eigenvalue weighted by Gasteiger charge is -2.18. The number of ether oxygens (including phenoxy) is 3. The van der Waals surface area contributed by atoms with Crippen LogP contribution in [0.25, 0.3) is 0 Å². The predicted octanol–water partition coefficient (Wildman–Crippen LogP) is -1.81. The van der Waals surface area contributed by atoms with Crippen molar-refractivity contribution in [1.82, 2.24) is 0 Å². The molecule has 126 valence electrons. The molecular weight excluding hydrogens is 300 g/mol. The largest absolute Gasteiger partial charge is 0.484 e. The van der Waals surface area contributed by atoms with Crippen molar-refractivity contribution in [3.8, 4) is 0 Å². The topological polar surface area (TPSA) is 143 Å². The summed E-state index contributed by atoms with van der Waals surface area (Å²) in [4.78, 5) is 23.3. The van der Waals surface area contributed by atoms with E-state index in [0.717, 1.165) is 6.42 Å². The van der Waals surface area contributed by atoms with Crippen molar-refractivity contribution >= 4 is 11.9 Å². The van der Waals surface area contributed by atoms with Gasteiger partial charge < -0.3 is 34.6 Å². The molecule has 0 spiro atoms. The lowest BCUT2D eigenvalue weighted by atomic mass is 10.2. The summed E-state index contributed by atoms with van der Waals surface area (Å²) in [5, 5.41) is 36.5. The molecule has 0 aromatic heterocycles. The van der Waals surface area contributed by atoms with Crippen molar-refractivity contribution in [2.24, 2.45) is 0 Å². The number of esters is 2. The minimum atomic E-state index is -1.81. The zero-order valence-corrected chi connectivity index (χ0v) is 12.1. The molecule has 0 saturated carbocycles. The molecule has 1 heterocycles. The molecule has 3 atom stereocenters. The quantitative estimate of drug-likeness (QED) is 0.285. The second kappa shape index (κ2) is 8.69. The lowest BCUT2D eigenvalue weighted by Crippen LogP contribution is -2.35. The molecule has 1 unspecified atom stereocenters. The molecule has 0 aromatic carbocycles. The Kier molecular flexibility index (Phi) is 7.25. The normalized spacial score (nSPS) is 20.6. The second-order valence-electron chi connectivity index (χ2n) is 4.59. The first-order chi connectivity index (χ1) is 10.5. The van der Waals surface area contributed by atoms with Crippen LogP contribution >= 0.6 is 0 Å². The third-order valence-corrected chi connectivity index (χ3v) is 2.84.